The molecule has 17 heavy (non-hydrogen) atoms. The Hall–Kier alpha value is -2.30. The van der Waals surface area contributed by atoms with Crippen molar-refractivity contribution in [1.82, 2.24) is 0 Å². The zero-order valence-corrected chi connectivity index (χ0v) is 9.56. The van der Waals surface area contributed by atoms with Gasteiger partial charge in [0.25, 0.3) is 0 Å². The maximum Gasteiger partial charge on any atom is 0.336 e. The highest BCUT2D eigenvalue weighted by Gasteiger charge is 2.08. The number of rotatable bonds is 2. The van der Waals surface area contributed by atoms with E-state index in [4.69, 9.17) is 15.0 Å². The quantitative estimate of drug-likeness (QED) is 0.368. The van der Waals surface area contributed by atoms with Crippen molar-refractivity contribution in [2.45, 2.75) is 6.92 Å². The van der Waals surface area contributed by atoms with Crippen LogP contribution < -0.4 is 16.2 Å². The molecule has 0 aliphatic rings. The predicted molar refractivity (Wildman–Crippen MR) is 65.4 cm³/mol. The van der Waals surface area contributed by atoms with Gasteiger partial charge in [-0.05, 0) is 19.1 Å². The number of fused-ring (bicyclic) bond motifs is 1. The van der Waals surface area contributed by atoms with Crippen molar-refractivity contribution in [1.29, 1.82) is 0 Å². The molecule has 2 N–H and O–H groups in total. The minimum absolute atomic E-state index is 0.441. The molecular weight excluding hydrogens is 220 g/mol. The van der Waals surface area contributed by atoms with Gasteiger partial charge in [-0.15, -0.1) is 0 Å². The molecule has 5 nitrogen and oxygen atoms in total. The number of ether oxygens (including phenoxy) is 1. The van der Waals surface area contributed by atoms with Crippen molar-refractivity contribution in [3.8, 4) is 5.75 Å². The average molecular weight is 232 g/mol. The van der Waals surface area contributed by atoms with Gasteiger partial charge in [0.2, 0.25) is 0 Å². The van der Waals surface area contributed by atoms with Crippen LogP contribution in [0.5, 0.6) is 5.75 Å². The predicted octanol–water partition coefficient (Wildman–Crippen LogP) is 1.48. The molecule has 0 aliphatic heterocycles. The van der Waals surface area contributed by atoms with Gasteiger partial charge in [0, 0.05) is 23.1 Å². The van der Waals surface area contributed by atoms with Crippen LogP contribution in [0.25, 0.3) is 11.0 Å². The number of benzene rings is 1. The first-order chi connectivity index (χ1) is 8.15. The molecule has 1 heterocycles. The van der Waals surface area contributed by atoms with Crippen molar-refractivity contribution < 1.29 is 9.15 Å². The maximum absolute atomic E-state index is 11.4. The van der Waals surface area contributed by atoms with Crippen molar-refractivity contribution in [3.63, 3.8) is 0 Å². The molecule has 0 radical (unpaired) electrons. The van der Waals surface area contributed by atoms with Gasteiger partial charge in [-0.1, -0.05) is 0 Å². The van der Waals surface area contributed by atoms with E-state index in [1.54, 1.807) is 32.2 Å². The molecule has 1 aromatic heterocycles. The van der Waals surface area contributed by atoms with E-state index in [-0.39, 0.29) is 0 Å². The summed E-state index contributed by atoms with van der Waals surface area (Å²) in [7, 11) is 1.55. The Labute approximate surface area is 97.5 Å². The number of hydrazone groups is 1. The van der Waals surface area contributed by atoms with Crippen LogP contribution in [0, 0.1) is 0 Å². The number of methoxy groups -OCH3 is 1. The molecular formula is C12H12N2O3. The van der Waals surface area contributed by atoms with Gasteiger partial charge in [0.05, 0.1) is 12.8 Å². The van der Waals surface area contributed by atoms with Crippen LogP contribution in [-0.2, 0) is 0 Å². The van der Waals surface area contributed by atoms with Gasteiger partial charge in [0.15, 0.2) is 0 Å². The number of hydrogen-bond acceptors (Lipinski definition) is 5. The molecule has 0 saturated carbocycles. The maximum atomic E-state index is 11.4. The summed E-state index contributed by atoms with van der Waals surface area (Å²) in [6.45, 7) is 1.73. The lowest BCUT2D eigenvalue weighted by Crippen LogP contribution is -2.06. The normalized spacial score (nSPS) is 11.8. The molecule has 1 aromatic carbocycles. The fraction of sp³-hybridized carbons (Fsp3) is 0.167. The molecule has 0 spiro atoms. The van der Waals surface area contributed by atoms with Gasteiger partial charge in [0.1, 0.15) is 11.3 Å². The van der Waals surface area contributed by atoms with Gasteiger partial charge in [-0.2, -0.15) is 5.10 Å². The third-order valence-electron chi connectivity index (χ3n) is 2.54. The first-order valence-corrected chi connectivity index (χ1v) is 5.02. The first-order valence-electron chi connectivity index (χ1n) is 5.02. The molecule has 88 valence electrons. The van der Waals surface area contributed by atoms with Crippen LogP contribution in [0.4, 0.5) is 0 Å². The molecule has 0 bridgehead atoms. The SMILES string of the molecule is COc1ccc2c(C(C)=NN)cc(=O)oc2c1. The molecule has 0 amide bonds. The fourth-order valence-electron chi connectivity index (χ4n) is 1.64. The summed E-state index contributed by atoms with van der Waals surface area (Å²) >= 11 is 0. The Balaban J connectivity index is 2.81. The number of hydrogen-bond donors (Lipinski definition) is 1. The monoisotopic (exact) mass is 232 g/mol. The Kier molecular flexibility index (Phi) is 2.82. The molecule has 0 atom stereocenters. The summed E-state index contributed by atoms with van der Waals surface area (Å²) in [5, 5.41) is 4.37. The smallest absolute Gasteiger partial charge is 0.336 e. The minimum atomic E-state index is -0.441. The zero-order chi connectivity index (χ0) is 12.4. The molecule has 0 saturated heterocycles. The summed E-state index contributed by atoms with van der Waals surface area (Å²) < 4.78 is 10.2. The van der Waals surface area contributed by atoms with Crippen molar-refractivity contribution in [2.24, 2.45) is 10.9 Å². The molecule has 2 rings (SSSR count). The molecule has 5 heteroatoms. The van der Waals surface area contributed by atoms with E-state index < -0.39 is 5.63 Å². The summed E-state index contributed by atoms with van der Waals surface area (Å²) in [6.07, 6.45) is 0. The van der Waals surface area contributed by atoms with Crippen molar-refractivity contribution in [2.75, 3.05) is 7.11 Å². The van der Waals surface area contributed by atoms with E-state index in [0.29, 0.717) is 22.6 Å². The van der Waals surface area contributed by atoms with Crippen molar-refractivity contribution in [3.05, 3.63) is 40.2 Å². The van der Waals surface area contributed by atoms with E-state index in [0.717, 1.165) is 5.39 Å². The van der Waals surface area contributed by atoms with Gasteiger partial charge < -0.3 is 15.0 Å². The second-order valence-electron chi connectivity index (χ2n) is 3.56. The van der Waals surface area contributed by atoms with Crippen LogP contribution in [0.15, 0.2) is 38.6 Å². The molecule has 0 aliphatic carbocycles. The lowest BCUT2D eigenvalue weighted by Gasteiger charge is -2.05. The summed E-state index contributed by atoms with van der Waals surface area (Å²) in [5.41, 5.74) is 1.26. The Morgan fingerprint density at radius 2 is 2.18 bits per heavy atom. The Morgan fingerprint density at radius 3 is 2.82 bits per heavy atom. The molecule has 2 aromatic rings. The van der Waals surface area contributed by atoms with E-state index in [2.05, 4.69) is 5.10 Å². The lowest BCUT2D eigenvalue weighted by atomic mass is 10.1. The third kappa shape index (κ3) is 1.99. The van der Waals surface area contributed by atoms with Gasteiger partial charge >= 0.3 is 5.63 Å². The minimum Gasteiger partial charge on any atom is -0.497 e. The van der Waals surface area contributed by atoms with Crippen LogP contribution in [0.1, 0.15) is 12.5 Å². The largest absolute Gasteiger partial charge is 0.497 e. The zero-order valence-electron chi connectivity index (χ0n) is 9.56. The second-order valence-corrected chi connectivity index (χ2v) is 3.56. The molecule has 0 fully saturated rings. The van der Waals surface area contributed by atoms with Crippen LogP contribution in [0.3, 0.4) is 0 Å². The van der Waals surface area contributed by atoms with E-state index in [9.17, 15) is 4.79 Å². The van der Waals surface area contributed by atoms with Crippen LogP contribution >= 0.6 is 0 Å². The Bertz CT molecular complexity index is 644. The van der Waals surface area contributed by atoms with Crippen molar-refractivity contribution >= 4 is 16.7 Å². The van der Waals surface area contributed by atoms with Gasteiger partial charge in [-0.3, -0.25) is 0 Å². The van der Waals surface area contributed by atoms with E-state index in [1.807, 2.05) is 0 Å². The fourth-order valence-corrected chi connectivity index (χ4v) is 1.64. The highest BCUT2D eigenvalue weighted by atomic mass is 16.5. The standard InChI is InChI=1S/C12H12N2O3/c1-7(14-13)10-6-12(15)17-11-5-8(16-2)3-4-9(10)11/h3-6H,13H2,1-2H3. The highest BCUT2D eigenvalue weighted by Crippen LogP contribution is 2.22. The van der Waals surface area contributed by atoms with Gasteiger partial charge in [-0.25, -0.2) is 4.79 Å². The second kappa shape index (κ2) is 4.29. The van der Waals surface area contributed by atoms with E-state index >= 15 is 0 Å². The molecule has 0 unspecified atom stereocenters. The third-order valence-corrected chi connectivity index (χ3v) is 2.54. The van der Waals surface area contributed by atoms with Crippen LogP contribution in [0.2, 0.25) is 0 Å². The van der Waals surface area contributed by atoms with Crippen LogP contribution in [-0.4, -0.2) is 12.8 Å². The topological polar surface area (TPSA) is 77.8 Å². The highest BCUT2D eigenvalue weighted by molar-refractivity contribution is 6.08. The number of nitrogens with two attached hydrogens (primary N) is 1. The Morgan fingerprint density at radius 1 is 1.41 bits per heavy atom. The first kappa shape index (κ1) is 11.2. The number of nitrogens with zero attached hydrogens (tertiary/aromatic N) is 1. The van der Waals surface area contributed by atoms with E-state index in [1.165, 1.54) is 6.07 Å². The summed E-state index contributed by atoms with van der Waals surface area (Å²) in [5.74, 6) is 5.86. The summed E-state index contributed by atoms with van der Waals surface area (Å²) in [4.78, 5) is 11.4. The lowest BCUT2D eigenvalue weighted by molar-refractivity contribution is 0.414. The average Bonchev–Trinajstić information content (AvgIpc) is 2.35. The summed E-state index contributed by atoms with van der Waals surface area (Å²) in [6, 6.07) is 6.63.